The number of hydrogen-bond acceptors (Lipinski definition) is 5. The Balaban J connectivity index is 1.77. The van der Waals surface area contributed by atoms with Crippen molar-refractivity contribution in [3.05, 3.63) is 71.8 Å². The topological polar surface area (TPSA) is 53.4 Å². The monoisotopic (exact) mass is 349 g/mol. The van der Waals surface area contributed by atoms with Gasteiger partial charge in [0.25, 0.3) is 0 Å². The molecule has 1 aromatic heterocycles. The van der Waals surface area contributed by atoms with Gasteiger partial charge in [-0.15, -0.1) is 0 Å². The molecule has 0 radical (unpaired) electrons. The Bertz CT molecular complexity index is 920. The Morgan fingerprint density at radius 1 is 1.04 bits per heavy atom. The molecule has 0 spiro atoms. The molecule has 0 saturated carbocycles. The average Bonchev–Trinajstić information content (AvgIpc) is 2.62. The van der Waals surface area contributed by atoms with Gasteiger partial charge >= 0.3 is 0 Å². The summed E-state index contributed by atoms with van der Waals surface area (Å²) in [5, 5.41) is 4.21. The van der Waals surface area contributed by atoms with Gasteiger partial charge in [0.05, 0.1) is 11.9 Å². The highest BCUT2D eigenvalue weighted by Crippen LogP contribution is 2.22. The van der Waals surface area contributed by atoms with Crippen LogP contribution in [0.25, 0.3) is 11.3 Å². The fourth-order valence-electron chi connectivity index (χ4n) is 2.46. The number of nitrogens with one attached hydrogen (secondary N) is 1. The lowest BCUT2D eigenvalue weighted by atomic mass is 10.1. The van der Waals surface area contributed by atoms with Crippen LogP contribution in [-0.4, -0.2) is 30.3 Å². The summed E-state index contributed by atoms with van der Waals surface area (Å²) in [7, 11) is 3.99. The van der Waals surface area contributed by atoms with Gasteiger partial charge in [-0.05, 0) is 36.8 Å². The summed E-state index contributed by atoms with van der Waals surface area (Å²) in [4.78, 5) is 10.6. The van der Waals surface area contributed by atoms with Crippen molar-refractivity contribution in [2.24, 2.45) is 5.10 Å². The zero-order valence-corrected chi connectivity index (χ0v) is 14.9. The van der Waals surface area contributed by atoms with Crippen molar-refractivity contribution in [1.29, 1.82) is 0 Å². The van der Waals surface area contributed by atoms with Crippen molar-refractivity contribution >= 4 is 17.7 Å². The molecular weight excluding hydrogens is 329 g/mol. The third-order valence-electron chi connectivity index (χ3n) is 3.79. The van der Waals surface area contributed by atoms with Crippen LogP contribution < -0.4 is 10.3 Å². The fourth-order valence-corrected chi connectivity index (χ4v) is 2.46. The number of aryl methyl sites for hydroxylation is 1. The van der Waals surface area contributed by atoms with Crippen LogP contribution in [0.4, 0.5) is 15.9 Å². The molecule has 0 amide bonds. The second-order valence-electron chi connectivity index (χ2n) is 6.02. The summed E-state index contributed by atoms with van der Waals surface area (Å²) >= 11 is 0. The number of nitrogens with zero attached hydrogens (tertiary/aromatic N) is 4. The molecule has 0 unspecified atom stereocenters. The lowest BCUT2D eigenvalue weighted by molar-refractivity contribution is 0.630. The van der Waals surface area contributed by atoms with Crippen LogP contribution in [0.5, 0.6) is 0 Å². The van der Waals surface area contributed by atoms with Gasteiger partial charge < -0.3 is 4.90 Å². The first-order chi connectivity index (χ1) is 12.5. The molecule has 1 heterocycles. The molecule has 0 fully saturated rings. The second kappa shape index (κ2) is 7.74. The molecule has 0 atom stereocenters. The van der Waals surface area contributed by atoms with Crippen molar-refractivity contribution in [3.63, 3.8) is 0 Å². The van der Waals surface area contributed by atoms with Crippen molar-refractivity contribution in [2.75, 3.05) is 24.4 Å². The number of rotatable bonds is 5. The summed E-state index contributed by atoms with van der Waals surface area (Å²) in [5.74, 6) is 0.733. The van der Waals surface area contributed by atoms with Gasteiger partial charge in [-0.1, -0.05) is 24.3 Å². The number of benzene rings is 2. The van der Waals surface area contributed by atoms with E-state index in [2.05, 4.69) is 20.5 Å². The van der Waals surface area contributed by atoms with Crippen molar-refractivity contribution < 1.29 is 4.39 Å². The van der Waals surface area contributed by atoms with Gasteiger partial charge in [0.15, 0.2) is 0 Å². The Kier molecular flexibility index (Phi) is 5.22. The first-order valence-electron chi connectivity index (χ1n) is 8.20. The predicted molar refractivity (Wildman–Crippen MR) is 104 cm³/mol. The fraction of sp³-hybridized carbons (Fsp3) is 0.150. The van der Waals surface area contributed by atoms with Crippen LogP contribution in [0.2, 0.25) is 0 Å². The Hall–Kier alpha value is -3.28. The maximum absolute atomic E-state index is 14.0. The minimum atomic E-state index is -0.318. The SMILES string of the molecule is Cc1nc(N/N=C/c2ccc(N(C)C)cc2)cc(-c2ccccc2F)n1. The largest absolute Gasteiger partial charge is 0.378 e. The second-order valence-corrected chi connectivity index (χ2v) is 6.02. The number of hydrogen-bond donors (Lipinski definition) is 1. The number of hydrazone groups is 1. The van der Waals surface area contributed by atoms with Gasteiger partial charge in [0.1, 0.15) is 17.5 Å². The summed E-state index contributed by atoms with van der Waals surface area (Å²) in [6.45, 7) is 1.76. The molecule has 2 aromatic carbocycles. The van der Waals surface area contributed by atoms with E-state index in [1.54, 1.807) is 37.4 Å². The molecular formula is C20H20FN5. The van der Waals surface area contributed by atoms with E-state index in [4.69, 9.17) is 0 Å². The number of anilines is 2. The molecule has 0 aliphatic heterocycles. The van der Waals surface area contributed by atoms with E-state index in [-0.39, 0.29) is 5.82 Å². The minimum absolute atomic E-state index is 0.318. The zero-order chi connectivity index (χ0) is 18.5. The molecule has 0 aliphatic rings. The lowest BCUT2D eigenvalue weighted by Gasteiger charge is -2.11. The molecule has 26 heavy (non-hydrogen) atoms. The van der Waals surface area contributed by atoms with Crippen molar-refractivity contribution in [2.45, 2.75) is 6.92 Å². The Morgan fingerprint density at radius 2 is 1.77 bits per heavy atom. The highest BCUT2D eigenvalue weighted by atomic mass is 19.1. The molecule has 3 aromatic rings. The number of halogens is 1. The Labute approximate surface area is 152 Å². The van der Waals surface area contributed by atoms with Gasteiger partial charge in [-0.2, -0.15) is 5.10 Å². The molecule has 0 aliphatic carbocycles. The van der Waals surface area contributed by atoms with Crippen LogP contribution in [0.1, 0.15) is 11.4 Å². The van der Waals surface area contributed by atoms with Gasteiger partial charge in [-0.25, -0.2) is 14.4 Å². The minimum Gasteiger partial charge on any atom is -0.378 e. The number of aromatic nitrogens is 2. The molecule has 1 N–H and O–H groups in total. The molecule has 3 rings (SSSR count). The average molecular weight is 349 g/mol. The maximum Gasteiger partial charge on any atom is 0.150 e. The standard InChI is InChI=1S/C20H20FN5/c1-14-23-19(17-6-4-5-7-18(17)21)12-20(24-14)25-22-13-15-8-10-16(11-9-15)26(2)3/h4-13H,1-3H3,(H,23,24,25)/b22-13+. The van der Waals surface area contributed by atoms with E-state index in [1.807, 2.05) is 43.3 Å². The summed E-state index contributed by atoms with van der Waals surface area (Å²) in [5.41, 5.74) is 5.92. The van der Waals surface area contributed by atoms with Crippen LogP contribution >= 0.6 is 0 Å². The Morgan fingerprint density at radius 3 is 2.46 bits per heavy atom. The lowest BCUT2D eigenvalue weighted by Crippen LogP contribution is -2.08. The summed E-state index contributed by atoms with van der Waals surface area (Å²) in [6.07, 6.45) is 1.71. The summed E-state index contributed by atoms with van der Waals surface area (Å²) in [6, 6.07) is 16.2. The van der Waals surface area contributed by atoms with Crippen LogP contribution in [0, 0.1) is 12.7 Å². The first-order valence-corrected chi connectivity index (χ1v) is 8.20. The van der Waals surface area contributed by atoms with Crippen LogP contribution in [0.15, 0.2) is 59.7 Å². The van der Waals surface area contributed by atoms with Gasteiger partial charge in [0.2, 0.25) is 0 Å². The first kappa shape index (κ1) is 17.5. The normalized spacial score (nSPS) is 10.9. The predicted octanol–water partition coefficient (Wildman–Crippen LogP) is 4.10. The summed E-state index contributed by atoms with van der Waals surface area (Å²) < 4.78 is 14.0. The van der Waals surface area contributed by atoms with E-state index in [0.29, 0.717) is 22.9 Å². The van der Waals surface area contributed by atoms with E-state index in [1.165, 1.54) is 6.07 Å². The molecule has 6 heteroatoms. The molecule has 5 nitrogen and oxygen atoms in total. The smallest absolute Gasteiger partial charge is 0.150 e. The zero-order valence-electron chi connectivity index (χ0n) is 14.9. The van der Waals surface area contributed by atoms with E-state index in [0.717, 1.165) is 11.3 Å². The van der Waals surface area contributed by atoms with Crippen LogP contribution in [-0.2, 0) is 0 Å². The van der Waals surface area contributed by atoms with Gasteiger partial charge in [-0.3, -0.25) is 5.43 Å². The molecule has 132 valence electrons. The van der Waals surface area contributed by atoms with E-state index >= 15 is 0 Å². The van der Waals surface area contributed by atoms with Crippen molar-refractivity contribution in [3.8, 4) is 11.3 Å². The maximum atomic E-state index is 14.0. The quantitative estimate of drug-likeness (QED) is 0.556. The third kappa shape index (κ3) is 4.22. The van der Waals surface area contributed by atoms with E-state index in [9.17, 15) is 4.39 Å². The van der Waals surface area contributed by atoms with Crippen molar-refractivity contribution in [1.82, 2.24) is 9.97 Å². The third-order valence-corrected chi connectivity index (χ3v) is 3.79. The van der Waals surface area contributed by atoms with E-state index < -0.39 is 0 Å². The highest BCUT2D eigenvalue weighted by Gasteiger charge is 2.08. The highest BCUT2D eigenvalue weighted by molar-refractivity contribution is 5.81. The molecule has 0 saturated heterocycles. The van der Waals surface area contributed by atoms with Crippen LogP contribution in [0.3, 0.4) is 0 Å². The van der Waals surface area contributed by atoms with Gasteiger partial charge in [0, 0.05) is 31.4 Å². The molecule has 0 bridgehead atoms.